The molecule has 1 heterocycles. The predicted molar refractivity (Wildman–Crippen MR) is 282 cm³/mol. The smallest absolute Gasteiger partial charge is 0.0547 e. The Morgan fingerprint density at radius 1 is 0.273 bits per heavy atom. The van der Waals surface area contributed by atoms with Crippen LogP contribution in [0.4, 0.5) is 17.1 Å². The standard InChI is InChI=1S/C64H42N2/c1-2-18-51(19-3-1)66-62-26-11-9-23-60(62)64-59(24-13-27-63(64)66)48-17-12-16-47(41-48)58-22-8-10-25-61(58)65(53-37-39-57-50(42-53)31-29-45-15-5-7-21-55(45)57)52-35-32-43(33-36-52)46-34-38-56-49(40-46)30-28-44-14-4-6-20-54(44)56/h1-42H. The molecule has 0 unspecified atom stereocenters. The molecule has 0 amide bonds. The molecule has 2 heteroatoms. The third-order valence-corrected chi connectivity index (χ3v) is 13.5. The van der Waals surface area contributed by atoms with Crippen LogP contribution in [0.15, 0.2) is 255 Å². The topological polar surface area (TPSA) is 8.17 Å². The van der Waals surface area contributed by atoms with Crippen molar-refractivity contribution in [1.82, 2.24) is 4.57 Å². The molecule has 2 nitrogen and oxygen atoms in total. The predicted octanol–water partition coefficient (Wildman–Crippen LogP) is 17.9. The highest BCUT2D eigenvalue weighted by atomic mass is 15.1. The van der Waals surface area contributed by atoms with E-state index in [2.05, 4.69) is 264 Å². The lowest BCUT2D eigenvalue weighted by atomic mass is 9.94. The van der Waals surface area contributed by atoms with Crippen molar-refractivity contribution in [2.45, 2.75) is 0 Å². The van der Waals surface area contributed by atoms with Crippen molar-refractivity contribution in [2.75, 3.05) is 4.90 Å². The molecule has 13 aromatic rings. The molecular weight excluding hydrogens is 797 g/mol. The van der Waals surface area contributed by atoms with Gasteiger partial charge >= 0.3 is 0 Å². The Hall–Kier alpha value is -8.72. The molecule has 66 heavy (non-hydrogen) atoms. The normalized spacial score (nSPS) is 11.6. The minimum atomic E-state index is 1.09. The fraction of sp³-hybridized carbons (Fsp3) is 0. The van der Waals surface area contributed by atoms with Gasteiger partial charge in [-0.2, -0.15) is 0 Å². The van der Waals surface area contributed by atoms with Crippen molar-refractivity contribution in [3.63, 3.8) is 0 Å². The molecule has 0 bridgehead atoms. The Morgan fingerprint density at radius 3 is 1.58 bits per heavy atom. The van der Waals surface area contributed by atoms with Crippen LogP contribution in [-0.2, 0) is 0 Å². The maximum Gasteiger partial charge on any atom is 0.0547 e. The number of nitrogens with zero attached hydrogens (tertiary/aromatic N) is 2. The van der Waals surface area contributed by atoms with Gasteiger partial charge in [0.2, 0.25) is 0 Å². The SMILES string of the molecule is c1ccc(-n2c3ccccc3c3c(-c4cccc(-c5ccccc5N(c5ccc(-c6ccc7c(ccc8ccccc87)c6)cc5)c5ccc6c(ccc7ccccc76)c5)c4)cccc32)cc1. The number of fused-ring (bicyclic) bond motifs is 9. The van der Waals surface area contributed by atoms with E-state index in [1.54, 1.807) is 0 Å². The summed E-state index contributed by atoms with van der Waals surface area (Å²) in [7, 11) is 0. The van der Waals surface area contributed by atoms with Crippen LogP contribution in [-0.4, -0.2) is 4.57 Å². The van der Waals surface area contributed by atoms with Gasteiger partial charge < -0.3 is 9.47 Å². The number of rotatable bonds is 7. The summed E-state index contributed by atoms with van der Waals surface area (Å²) in [6.45, 7) is 0. The van der Waals surface area contributed by atoms with E-state index >= 15 is 0 Å². The van der Waals surface area contributed by atoms with Gasteiger partial charge in [-0.1, -0.05) is 188 Å². The Kier molecular flexibility index (Phi) is 8.89. The zero-order valence-corrected chi connectivity index (χ0v) is 36.1. The largest absolute Gasteiger partial charge is 0.310 e. The van der Waals surface area contributed by atoms with E-state index < -0.39 is 0 Å². The quantitative estimate of drug-likeness (QED) is 0.145. The second-order valence-electron chi connectivity index (χ2n) is 17.3. The fourth-order valence-corrected chi connectivity index (χ4v) is 10.4. The first-order chi connectivity index (χ1) is 32.7. The van der Waals surface area contributed by atoms with E-state index in [9.17, 15) is 0 Å². The maximum absolute atomic E-state index is 2.43. The lowest BCUT2D eigenvalue weighted by Gasteiger charge is -2.28. The van der Waals surface area contributed by atoms with Gasteiger partial charge in [-0.05, 0) is 138 Å². The fourth-order valence-electron chi connectivity index (χ4n) is 10.4. The van der Waals surface area contributed by atoms with Gasteiger partial charge in [0, 0.05) is 33.4 Å². The highest BCUT2D eigenvalue weighted by Crippen LogP contribution is 2.45. The van der Waals surface area contributed by atoms with Crippen LogP contribution in [0.5, 0.6) is 0 Å². The molecular formula is C64H42N2. The lowest BCUT2D eigenvalue weighted by molar-refractivity contribution is 1.18. The average molecular weight is 839 g/mol. The van der Waals surface area contributed by atoms with Crippen LogP contribution < -0.4 is 4.90 Å². The van der Waals surface area contributed by atoms with Crippen molar-refractivity contribution in [1.29, 1.82) is 0 Å². The molecule has 0 aliphatic heterocycles. The van der Waals surface area contributed by atoms with E-state index in [0.29, 0.717) is 0 Å². The average Bonchev–Trinajstić information content (AvgIpc) is 3.74. The second kappa shape index (κ2) is 15.5. The number of anilines is 3. The molecule has 0 radical (unpaired) electrons. The summed E-state index contributed by atoms with van der Waals surface area (Å²) < 4.78 is 2.39. The molecule has 12 aromatic carbocycles. The van der Waals surface area contributed by atoms with Crippen LogP contribution in [0.3, 0.4) is 0 Å². The van der Waals surface area contributed by atoms with Gasteiger partial charge in [0.05, 0.1) is 16.7 Å². The minimum absolute atomic E-state index is 1.09. The van der Waals surface area contributed by atoms with Crippen molar-refractivity contribution < 1.29 is 0 Å². The lowest BCUT2D eigenvalue weighted by Crippen LogP contribution is -2.11. The first kappa shape index (κ1) is 37.8. The molecule has 13 rings (SSSR count). The van der Waals surface area contributed by atoms with Crippen LogP contribution >= 0.6 is 0 Å². The highest BCUT2D eigenvalue weighted by molar-refractivity contribution is 6.16. The van der Waals surface area contributed by atoms with Crippen molar-refractivity contribution in [3.05, 3.63) is 255 Å². The van der Waals surface area contributed by atoms with Crippen LogP contribution in [0, 0.1) is 0 Å². The van der Waals surface area contributed by atoms with Crippen molar-refractivity contribution in [2.24, 2.45) is 0 Å². The molecule has 0 atom stereocenters. The van der Waals surface area contributed by atoms with Gasteiger partial charge in [0.15, 0.2) is 0 Å². The van der Waals surface area contributed by atoms with Crippen LogP contribution in [0.1, 0.15) is 0 Å². The van der Waals surface area contributed by atoms with E-state index in [1.165, 1.54) is 87.1 Å². The summed E-state index contributed by atoms with van der Waals surface area (Å²) in [5, 5.41) is 12.5. The number of benzene rings is 12. The molecule has 0 spiro atoms. The number of aromatic nitrogens is 1. The van der Waals surface area contributed by atoms with E-state index in [-0.39, 0.29) is 0 Å². The zero-order chi connectivity index (χ0) is 43.6. The van der Waals surface area contributed by atoms with E-state index in [0.717, 1.165) is 33.9 Å². The highest BCUT2D eigenvalue weighted by Gasteiger charge is 2.20. The van der Waals surface area contributed by atoms with Gasteiger partial charge in [0.1, 0.15) is 0 Å². The molecule has 0 fully saturated rings. The Morgan fingerprint density at radius 2 is 0.803 bits per heavy atom. The first-order valence-corrected chi connectivity index (χ1v) is 22.7. The molecule has 0 N–H and O–H groups in total. The van der Waals surface area contributed by atoms with Crippen molar-refractivity contribution >= 4 is 82.0 Å². The molecule has 1 aromatic heterocycles. The van der Waals surface area contributed by atoms with Crippen molar-refractivity contribution in [3.8, 4) is 39.1 Å². The summed E-state index contributed by atoms with van der Waals surface area (Å²) in [5.41, 5.74) is 14.0. The summed E-state index contributed by atoms with van der Waals surface area (Å²) in [6, 6.07) is 93.3. The van der Waals surface area contributed by atoms with Crippen LogP contribution in [0.2, 0.25) is 0 Å². The monoisotopic (exact) mass is 838 g/mol. The minimum Gasteiger partial charge on any atom is -0.310 e. The Balaban J connectivity index is 0.954. The van der Waals surface area contributed by atoms with Crippen LogP contribution in [0.25, 0.3) is 104 Å². The summed E-state index contributed by atoms with van der Waals surface area (Å²) in [5.74, 6) is 0. The molecule has 0 aliphatic carbocycles. The third-order valence-electron chi connectivity index (χ3n) is 13.5. The van der Waals surface area contributed by atoms with E-state index in [4.69, 9.17) is 0 Å². The number of para-hydroxylation sites is 3. The molecule has 0 saturated carbocycles. The summed E-state index contributed by atoms with van der Waals surface area (Å²) in [6.07, 6.45) is 0. The van der Waals surface area contributed by atoms with Gasteiger partial charge in [-0.3, -0.25) is 0 Å². The first-order valence-electron chi connectivity index (χ1n) is 22.7. The van der Waals surface area contributed by atoms with Gasteiger partial charge in [-0.15, -0.1) is 0 Å². The number of hydrogen-bond acceptors (Lipinski definition) is 1. The Bertz CT molecular complexity index is 3990. The zero-order valence-electron chi connectivity index (χ0n) is 36.1. The van der Waals surface area contributed by atoms with Gasteiger partial charge in [-0.25, -0.2) is 0 Å². The molecule has 308 valence electrons. The maximum atomic E-state index is 2.43. The van der Waals surface area contributed by atoms with E-state index in [1.807, 2.05) is 0 Å². The van der Waals surface area contributed by atoms with Gasteiger partial charge in [0.25, 0.3) is 0 Å². The Labute approximate surface area is 383 Å². The number of hydrogen-bond donors (Lipinski definition) is 0. The molecule has 0 saturated heterocycles. The third kappa shape index (κ3) is 6.26. The molecule has 0 aliphatic rings. The summed E-state index contributed by atoms with van der Waals surface area (Å²) in [4.78, 5) is 2.43. The summed E-state index contributed by atoms with van der Waals surface area (Å²) >= 11 is 0. The second-order valence-corrected chi connectivity index (χ2v) is 17.3.